The Kier molecular flexibility index (Phi) is 2.34. The molecule has 1 aliphatic rings. The van der Waals surface area contributed by atoms with Crippen molar-refractivity contribution in [1.29, 1.82) is 5.26 Å². The third-order valence-corrected chi connectivity index (χ3v) is 1.36. The largest absolute Gasteiger partial charge is 0.380 e. The van der Waals surface area contributed by atoms with Crippen molar-refractivity contribution >= 4 is 0 Å². The molecular formula is C6H10N2O. The number of hydrogen-bond donors (Lipinski definition) is 0. The van der Waals surface area contributed by atoms with Gasteiger partial charge in [-0.25, -0.2) is 0 Å². The maximum absolute atomic E-state index is 8.44. The summed E-state index contributed by atoms with van der Waals surface area (Å²) in [6.07, 6.45) is 3.08. The second kappa shape index (κ2) is 3.31. The van der Waals surface area contributed by atoms with Gasteiger partial charge >= 0.3 is 0 Å². The third kappa shape index (κ3) is 1.90. The van der Waals surface area contributed by atoms with Gasteiger partial charge in [0.1, 0.15) is 0 Å². The predicted octanol–water partition coefficient (Wildman–Crippen LogP) is 0.190. The summed E-state index contributed by atoms with van der Waals surface area (Å²) < 4.78 is 5.13. The highest BCUT2D eigenvalue weighted by Gasteiger charge is 2.04. The minimum absolute atomic E-state index is 0.702. The van der Waals surface area contributed by atoms with Crippen LogP contribution >= 0.6 is 0 Å². The molecule has 3 nitrogen and oxygen atoms in total. The number of ether oxygens (including phenoxy) is 1. The van der Waals surface area contributed by atoms with E-state index in [4.69, 9.17) is 10.00 Å². The van der Waals surface area contributed by atoms with Gasteiger partial charge in [-0.3, -0.25) is 0 Å². The first kappa shape index (κ1) is 6.37. The van der Waals surface area contributed by atoms with Crippen LogP contribution in [0, 0.1) is 11.5 Å². The first-order valence-electron chi connectivity index (χ1n) is 3.16. The fourth-order valence-corrected chi connectivity index (χ4v) is 0.846. The molecule has 0 saturated carbocycles. The van der Waals surface area contributed by atoms with E-state index in [0.717, 1.165) is 26.1 Å². The van der Waals surface area contributed by atoms with Crippen LogP contribution in [0.3, 0.4) is 0 Å². The van der Waals surface area contributed by atoms with Crippen molar-refractivity contribution in [3.8, 4) is 6.19 Å². The zero-order valence-electron chi connectivity index (χ0n) is 5.34. The van der Waals surface area contributed by atoms with E-state index in [0.29, 0.717) is 6.61 Å². The van der Waals surface area contributed by atoms with Crippen LogP contribution in [0.1, 0.15) is 6.42 Å². The molecule has 1 aliphatic heterocycles. The van der Waals surface area contributed by atoms with Crippen molar-refractivity contribution in [2.75, 3.05) is 26.3 Å². The lowest BCUT2D eigenvalue weighted by Gasteiger charge is -2.08. The molecule has 1 heterocycles. The van der Waals surface area contributed by atoms with Crippen LogP contribution < -0.4 is 0 Å². The lowest BCUT2D eigenvalue weighted by molar-refractivity contribution is 0.147. The van der Waals surface area contributed by atoms with Crippen LogP contribution in [0.5, 0.6) is 0 Å². The van der Waals surface area contributed by atoms with Gasteiger partial charge in [0, 0.05) is 13.2 Å². The van der Waals surface area contributed by atoms with Crippen LogP contribution in [0.25, 0.3) is 0 Å². The maximum atomic E-state index is 8.44. The molecule has 1 saturated heterocycles. The Morgan fingerprint density at radius 2 is 2.22 bits per heavy atom. The lowest BCUT2D eigenvalue weighted by Crippen LogP contribution is -2.20. The average molecular weight is 126 g/mol. The Labute approximate surface area is 54.8 Å². The Morgan fingerprint density at radius 3 is 3.00 bits per heavy atom. The molecule has 0 aliphatic carbocycles. The van der Waals surface area contributed by atoms with Gasteiger partial charge in [0.25, 0.3) is 0 Å². The van der Waals surface area contributed by atoms with Crippen molar-refractivity contribution in [2.45, 2.75) is 6.42 Å². The van der Waals surface area contributed by atoms with E-state index in [1.807, 2.05) is 0 Å². The molecule has 0 aromatic carbocycles. The van der Waals surface area contributed by atoms with E-state index < -0.39 is 0 Å². The summed E-state index contributed by atoms with van der Waals surface area (Å²) in [5.41, 5.74) is 0. The van der Waals surface area contributed by atoms with Crippen molar-refractivity contribution in [3.63, 3.8) is 0 Å². The highest BCUT2D eigenvalue weighted by molar-refractivity contribution is 4.74. The molecule has 0 bridgehead atoms. The van der Waals surface area contributed by atoms with Gasteiger partial charge in [-0.15, -0.1) is 0 Å². The van der Waals surface area contributed by atoms with Crippen LogP contribution in [-0.4, -0.2) is 31.2 Å². The fraction of sp³-hybridized carbons (Fsp3) is 0.833. The molecule has 1 fully saturated rings. The molecule has 0 aromatic rings. The van der Waals surface area contributed by atoms with Gasteiger partial charge in [0.15, 0.2) is 6.19 Å². The van der Waals surface area contributed by atoms with Gasteiger partial charge in [-0.1, -0.05) is 0 Å². The summed E-state index contributed by atoms with van der Waals surface area (Å²) in [5.74, 6) is 0. The van der Waals surface area contributed by atoms with E-state index in [1.165, 1.54) is 0 Å². The standard InChI is InChI=1S/C6H10N2O/c7-6-8-2-1-4-9-5-3-8/h1-5H2. The van der Waals surface area contributed by atoms with E-state index in [1.54, 1.807) is 4.90 Å². The molecule has 0 N–H and O–H groups in total. The van der Waals surface area contributed by atoms with Gasteiger partial charge in [0.05, 0.1) is 13.2 Å². The van der Waals surface area contributed by atoms with E-state index >= 15 is 0 Å². The minimum Gasteiger partial charge on any atom is -0.380 e. The molecule has 0 radical (unpaired) electrons. The number of rotatable bonds is 0. The lowest BCUT2D eigenvalue weighted by atomic mass is 10.4. The zero-order chi connectivity index (χ0) is 6.53. The summed E-state index contributed by atoms with van der Waals surface area (Å²) in [6.45, 7) is 3.12. The fourth-order valence-electron chi connectivity index (χ4n) is 0.846. The smallest absolute Gasteiger partial charge is 0.179 e. The van der Waals surface area contributed by atoms with E-state index in [9.17, 15) is 0 Å². The minimum atomic E-state index is 0.702. The molecule has 50 valence electrons. The summed E-state index contributed by atoms with van der Waals surface area (Å²) in [4.78, 5) is 1.73. The SMILES string of the molecule is N#CN1CCCOCC1. The Hall–Kier alpha value is -0.750. The molecule has 0 spiro atoms. The van der Waals surface area contributed by atoms with Crippen molar-refractivity contribution in [3.05, 3.63) is 0 Å². The van der Waals surface area contributed by atoms with E-state index in [-0.39, 0.29) is 0 Å². The van der Waals surface area contributed by atoms with Crippen LogP contribution in [-0.2, 0) is 4.74 Å². The normalized spacial score (nSPS) is 20.6. The molecule has 0 unspecified atom stereocenters. The van der Waals surface area contributed by atoms with Gasteiger partial charge < -0.3 is 9.64 Å². The summed E-state index contributed by atoms with van der Waals surface area (Å²) in [6, 6.07) is 0. The molecular weight excluding hydrogens is 116 g/mol. The van der Waals surface area contributed by atoms with Crippen LogP contribution in [0.15, 0.2) is 0 Å². The van der Waals surface area contributed by atoms with Gasteiger partial charge in [-0.2, -0.15) is 5.26 Å². The quantitative estimate of drug-likeness (QED) is 0.435. The average Bonchev–Trinajstić information content (AvgIpc) is 2.13. The molecule has 3 heteroatoms. The summed E-state index contributed by atoms with van der Waals surface area (Å²) in [7, 11) is 0. The molecule has 9 heavy (non-hydrogen) atoms. The zero-order valence-corrected chi connectivity index (χ0v) is 5.34. The van der Waals surface area contributed by atoms with Crippen molar-refractivity contribution in [2.24, 2.45) is 0 Å². The monoisotopic (exact) mass is 126 g/mol. The summed E-state index contributed by atoms with van der Waals surface area (Å²) in [5, 5.41) is 8.44. The maximum Gasteiger partial charge on any atom is 0.179 e. The third-order valence-electron chi connectivity index (χ3n) is 1.36. The van der Waals surface area contributed by atoms with Crippen LogP contribution in [0.2, 0.25) is 0 Å². The summed E-state index contributed by atoms with van der Waals surface area (Å²) >= 11 is 0. The number of nitrogens with zero attached hydrogens (tertiary/aromatic N) is 2. The first-order chi connectivity index (χ1) is 4.43. The highest BCUT2D eigenvalue weighted by atomic mass is 16.5. The second-order valence-corrected chi connectivity index (χ2v) is 2.05. The topological polar surface area (TPSA) is 36.3 Å². The highest BCUT2D eigenvalue weighted by Crippen LogP contribution is 1.95. The second-order valence-electron chi connectivity index (χ2n) is 2.05. The van der Waals surface area contributed by atoms with Crippen LogP contribution in [0.4, 0.5) is 0 Å². The Balaban J connectivity index is 2.29. The van der Waals surface area contributed by atoms with Gasteiger partial charge in [-0.05, 0) is 6.42 Å². The Bertz CT molecular complexity index is 111. The predicted molar refractivity (Wildman–Crippen MR) is 32.6 cm³/mol. The molecule has 0 atom stereocenters. The molecule has 0 aromatic heterocycles. The molecule has 1 rings (SSSR count). The number of nitriles is 1. The number of hydrogen-bond acceptors (Lipinski definition) is 3. The van der Waals surface area contributed by atoms with Crippen molar-refractivity contribution in [1.82, 2.24) is 4.90 Å². The first-order valence-corrected chi connectivity index (χ1v) is 3.16. The molecule has 0 amide bonds. The van der Waals surface area contributed by atoms with Crippen molar-refractivity contribution < 1.29 is 4.74 Å². The van der Waals surface area contributed by atoms with E-state index in [2.05, 4.69) is 6.19 Å². The van der Waals surface area contributed by atoms with Gasteiger partial charge in [0.2, 0.25) is 0 Å². The Morgan fingerprint density at radius 1 is 1.33 bits per heavy atom.